The van der Waals surface area contributed by atoms with Crippen molar-refractivity contribution < 1.29 is 19.8 Å². The van der Waals surface area contributed by atoms with Crippen molar-refractivity contribution >= 4 is 12.3 Å². The Labute approximate surface area is 112 Å². The van der Waals surface area contributed by atoms with Crippen molar-refractivity contribution in [3.05, 3.63) is 11.6 Å². The molecule has 2 bridgehead atoms. The van der Waals surface area contributed by atoms with Gasteiger partial charge in [0.2, 0.25) is 0 Å². The Hall–Kier alpha value is -1.16. The molecule has 2 N–H and O–H groups in total. The fourth-order valence-corrected chi connectivity index (χ4v) is 5.27. The number of hydrogen-bond acceptors (Lipinski definition) is 3. The molecule has 3 rings (SSSR count). The van der Waals surface area contributed by atoms with Crippen LogP contribution >= 0.6 is 0 Å². The van der Waals surface area contributed by atoms with Gasteiger partial charge in [-0.2, -0.15) is 0 Å². The number of carboxylic acids is 1. The first-order chi connectivity index (χ1) is 8.85. The Morgan fingerprint density at radius 1 is 1.42 bits per heavy atom. The molecule has 19 heavy (non-hydrogen) atoms. The van der Waals surface area contributed by atoms with Crippen LogP contribution in [0.2, 0.25) is 0 Å². The lowest BCUT2D eigenvalue weighted by Crippen LogP contribution is -2.43. The number of rotatable bonds is 2. The van der Waals surface area contributed by atoms with Gasteiger partial charge in [-0.25, -0.2) is 4.79 Å². The summed E-state index contributed by atoms with van der Waals surface area (Å²) >= 11 is 0. The maximum absolute atomic E-state index is 11.4. The molecule has 0 amide bonds. The molecule has 4 nitrogen and oxygen atoms in total. The van der Waals surface area contributed by atoms with E-state index < -0.39 is 17.5 Å². The standard InChI is InChI=1S/C15H20O4/c1-14(2)10-6-15(8(7-16)3-4-11(14)15)12(17)5-9(10)13(18)19/h5,7-8,10-12,17H,3-4,6H2,1-2H3,(H,18,19)/t8-,10-,11+,12+,15+/m1/s1. The van der Waals surface area contributed by atoms with Gasteiger partial charge in [0.15, 0.2) is 0 Å². The molecule has 0 aliphatic heterocycles. The van der Waals surface area contributed by atoms with Crippen LogP contribution in [0.25, 0.3) is 0 Å². The zero-order valence-corrected chi connectivity index (χ0v) is 11.3. The smallest absolute Gasteiger partial charge is 0.331 e. The van der Waals surface area contributed by atoms with E-state index in [0.29, 0.717) is 12.0 Å². The predicted molar refractivity (Wildman–Crippen MR) is 68.3 cm³/mol. The molecule has 1 spiro atoms. The molecule has 3 aliphatic rings. The average Bonchev–Trinajstić information content (AvgIpc) is 2.79. The van der Waals surface area contributed by atoms with E-state index in [1.807, 2.05) is 0 Å². The first-order valence-electron chi connectivity index (χ1n) is 6.94. The molecule has 0 aromatic rings. The van der Waals surface area contributed by atoms with Crippen LogP contribution in [0, 0.1) is 28.6 Å². The van der Waals surface area contributed by atoms with Crippen LogP contribution in [0.1, 0.15) is 33.1 Å². The zero-order valence-electron chi connectivity index (χ0n) is 11.3. The number of hydrogen-bond donors (Lipinski definition) is 2. The van der Waals surface area contributed by atoms with Gasteiger partial charge in [0, 0.05) is 16.9 Å². The van der Waals surface area contributed by atoms with Crippen molar-refractivity contribution in [1.29, 1.82) is 0 Å². The molecule has 0 aromatic carbocycles. The largest absolute Gasteiger partial charge is 0.478 e. The van der Waals surface area contributed by atoms with E-state index in [2.05, 4.69) is 13.8 Å². The number of aldehydes is 1. The number of aliphatic hydroxyl groups is 1. The summed E-state index contributed by atoms with van der Waals surface area (Å²) in [6.45, 7) is 4.18. The number of aliphatic carboxylic acids is 1. The monoisotopic (exact) mass is 264 g/mol. The van der Waals surface area contributed by atoms with Gasteiger partial charge < -0.3 is 15.0 Å². The molecule has 4 heteroatoms. The van der Waals surface area contributed by atoms with Crippen molar-refractivity contribution in [3.8, 4) is 0 Å². The van der Waals surface area contributed by atoms with Crippen molar-refractivity contribution in [2.24, 2.45) is 28.6 Å². The first kappa shape index (κ1) is 12.9. The summed E-state index contributed by atoms with van der Waals surface area (Å²) in [7, 11) is 0. The third-order valence-corrected chi connectivity index (χ3v) is 6.13. The summed E-state index contributed by atoms with van der Waals surface area (Å²) in [5, 5.41) is 19.9. The summed E-state index contributed by atoms with van der Waals surface area (Å²) < 4.78 is 0. The zero-order chi connectivity index (χ0) is 14.0. The number of aliphatic hydroxyl groups excluding tert-OH is 1. The van der Waals surface area contributed by atoms with Crippen LogP contribution < -0.4 is 0 Å². The molecule has 0 unspecified atom stereocenters. The lowest BCUT2D eigenvalue weighted by molar-refractivity contribution is -0.134. The van der Waals surface area contributed by atoms with E-state index >= 15 is 0 Å². The second-order valence-corrected chi connectivity index (χ2v) is 6.93. The SMILES string of the molecule is CC1(C)[C@@H]2C[C@]3([C@@H](O)C=C2C(=O)O)[C@@H](C=O)CC[C@@H]13. The van der Waals surface area contributed by atoms with E-state index in [4.69, 9.17) is 0 Å². The number of carboxylic acid groups (broad SMARTS) is 1. The lowest BCUT2D eigenvalue weighted by atomic mass is 9.66. The molecule has 3 aliphatic carbocycles. The maximum Gasteiger partial charge on any atom is 0.331 e. The summed E-state index contributed by atoms with van der Waals surface area (Å²) in [5.41, 5.74) is -0.254. The van der Waals surface area contributed by atoms with E-state index in [9.17, 15) is 19.8 Å². The fraction of sp³-hybridized carbons (Fsp3) is 0.733. The Morgan fingerprint density at radius 3 is 2.68 bits per heavy atom. The summed E-state index contributed by atoms with van der Waals surface area (Å²) in [4.78, 5) is 22.8. The van der Waals surface area contributed by atoms with Crippen molar-refractivity contribution in [2.45, 2.75) is 39.2 Å². The van der Waals surface area contributed by atoms with E-state index in [1.54, 1.807) is 0 Å². The van der Waals surface area contributed by atoms with Gasteiger partial charge >= 0.3 is 5.97 Å². The highest BCUT2D eigenvalue weighted by Gasteiger charge is 2.68. The Morgan fingerprint density at radius 2 is 2.11 bits per heavy atom. The molecule has 0 aromatic heterocycles. The molecule has 2 fully saturated rings. The summed E-state index contributed by atoms with van der Waals surface area (Å²) in [6, 6.07) is 0. The topological polar surface area (TPSA) is 74.6 Å². The predicted octanol–water partition coefficient (Wildman–Crippen LogP) is 1.63. The van der Waals surface area contributed by atoms with Crippen LogP contribution in [0.5, 0.6) is 0 Å². The quantitative estimate of drug-likeness (QED) is 0.743. The highest BCUT2D eigenvalue weighted by atomic mass is 16.4. The molecule has 0 saturated heterocycles. The van der Waals surface area contributed by atoms with E-state index in [-0.39, 0.29) is 23.2 Å². The van der Waals surface area contributed by atoms with Gasteiger partial charge in [-0.3, -0.25) is 0 Å². The van der Waals surface area contributed by atoms with E-state index in [1.165, 1.54) is 6.08 Å². The van der Waals surface area contributed by atoms with Gasteiger partial charge in [0.1, 0.15) is 6.29 Å². The molecule has 2 saturated carbocycles. The van der Waals surface area contributed by atoms with Crippen LogP contribution in [-0.2, 0) is 9.59 Å². The second-order valence-electron chi connectivity index (χ2n) is 6.93. The Bertz CT molecular complexity index is 479. The molecular formula is C15H20O4. The first-order valence-corrected chi connectivity index (χ1v) is 6.94. The van der Waals surface area contributed by atoms with Gasteiger partial charge in [-0.15, -0.1) is 0 Å². The van der Waals surface area contributed by atoms with Crippen LogP contribution in [-0.4, -0.2) is 28.6 Å². The van der Waals surface area contributed by atoms with E-state index in [0.717, 1.165) is 19.1 Å². The van der Waals surface area contributed by atoms with Gasteiger partial charge in [0.05, 0.1) is 6.10 Å². The number of fused-ring (bicyclic) bond motifs is 1. The summed E-state index contributed by atoms with van der Waals surface area (Å²) in [5.74, 6) is -0.901. The minimum atomic E-state index is -0.936. The lowest BCUT2D eigenvalue weighted by Gasteiger charge is -2.39. The second kappa shape index (κ2) is 3.69. The minimum absolute atomic E-state index is 0.0545. The average molecular weight is 264 g/mol. The van der Waals surface area contributed by atoms with Crippen LogP contribution in [0.3, 0.4) is 0 Å². The molecular weight excluding hydrogens is 244 g/mol. The highest BCUT2D eigenvalue weighted by molar-refractivity contribution is 5.88. The maximum atomic E-state index is 11.4. The van der Waals surface area contributed by atoms with Crippen LogP contribution in [0.4, 0.5) is 0 Å². The Kier molecular flexibility index (Phi) is 2.50. The van der Waals surface area contributed by atoms with Crippen molar-refractivity contribution in [1.82, 2.24) is 0 Å². The number of carbonyl (C=O) groups excluding carboxylic acids is 1. The fourth-order valence-electron chi connectivity index (χ4n) is 5.27. The van der Waals surface area contributed by atoms with Crippen molar-refractivity contribution in [2.75, 3.05) is 0 Å². The van der Waals surface area contributed by atoms with Gasteiger partial charge in [-0.05, 0) is 42.6 Å². The molecule has 0 radical (unpaired) electrons. The highest BCUT2D eigenvalue weighted by Crippen LogP contribution is 2.70. The van der Waals surface area contributed by atoms with Gasteiger partial charge in [0.25, 0.3) is 0 Å². The molecule has 104 valence electrons. The summed E-state index contributed by atoms with van der Waals surface area (Å²) in [6.07, 6.45) is 4.02. The molecule has 5 atom stereocenters. The minimum Gasteiger partial charge on any atom is -0.478 e. The normalized spacial score (nSPS) is 46.6. The van der Waals surface area contributed by atoms with Gasteiger partial charge in [-0.1, -0.05) is 13.8 Å². The Balaban J connectivity index is 2.16. The van der Waals surface area contributed by atoms with Crippen LogP contribution in [0.15, 0.2) is 11.6 Å². The third-order valence-electron chi connectivity index (χ3n) is 6.13. The van der Waals surface area contributed by atoms with Crippen molar-refractivity contribution in [3.63, 3.8) is 0 Å². The number of carbonyl (C=O) groups is 2. The third kappa shape index (κ3) is 1.33. The molecule has 0 heterocycles.